The third-order valence-corrected chi connectivity index (χ3v) is 3.37. The third kappa shape index (κ3) is 2.07. The fourth-order valence-corrected chi connectivity index (χ4v) is 2.88. The summed E-state index contributed by atoms with van der Waals surface area (Å²) in [5, 5.41) is 3.53. The highest BCUT2D eigenvalue weighted by Gasteiger charge is 2.20. The highest BCUT2D eigenvalue weighted by Crippen LogP contribution is 2.31. The highest BCUT2D eigenvalue weighted by molar-refractivity contribution is 5.42. The summed E-state index contributed by atoms with van der Waals surface area (Å²) < 4.78 is 0. The molecule has 0 bridgehead atoms. The van der Waals surface area contributed by atoms with Crippen LogP contribution >= 0.6 is 0 Å². The number of benzene rings is 1. The van der Waals surface area contributed by atoms with Gasteiger partial charge in [-0.25, -0.2) is 0 Å². The molecule has 1 unspecified atom stereocenters. The Labute approximate surface area is 92.9 Å². The summed E-state index contributed by atoms with van der Waals surface area (Å²) >= 11 is 0. The van der Waals surface area contributed by atoms with Gasteiger partial charge in [-0.05, 0) is 42.9 Å². The zero-order valence-corrected chi connectivity index (χ0v) is 10.1. The maximum atomic E-state index is 3.53. The van der Waals surface area contributed by atoms with Crippen molar-refractivity contribution in [3.8, 4) is 0 Å². The van der Waals surface area contributed by atoms with Crippen LogP contribution in [-0.2, 0) is 6.54 Å². The van der Waals surface area contributed by atoms with Crippen molar-refractivity contribution in [2.45, 2.75) is 46.1 Å². The molecule has 1 heteroatoms. The van der Waals surface area contributed by atoms with E-state index in [2.05, 4.69) is 38.2 Å². The van der Waals surface area contributed by atoms with Gasteiger partial charge >= 0.3 is 0 Å². The van der Waals surface area contributed by atoms with Gasteiger partial charge in [0.25, 0.3) is 0 Å². The lowest BCUT2D eigenvalue weighted by Crippen LogP contribution is -2.29. The van der Waals surface area contributed by atoms with Crippen LogP contribution < -0.4 is 5.32 Å². The maximum Gasteiger partial charge on any atom is 0.0208 e. The van der Waals surface area contributed by atoms with Crippen molar-refractivity contribution in [3.63, 3.8) is 0 Å². The first-order valence-electron chi connectivity index (χ1n) is 6.03. The molecule has 1 heterocycles. The number of fused-ring (bicyclic) bond motifs is 1. The molecule has 0 radical (unpaired) electrons. The topological polar surface area (TPSA) is 12.0 Å². The van der Waals surface area contributed by atoms with Gasteiger partial charge in [0.1, 0.15) is 0 Å². The molecule has 1 atom stereocenters. The minimum absolute atomic E-state index is 0.736. The predicted octanol–water partition coefficient (Wildman–Crippen LogP) is 3.29. The molecule has 1 nitrogen and oxygen atoms in total. The van der Waals surface area contributed by atoms with Crippen LogP contribution in [0.25, 0.3) is 0 Å². The lowest BCUT2D eigenvalue weighted by Gasteiger charge is -2.28. The summed E-state index contributed by atoms with van der Waals surface area (Å²) in [5.41, 5.74) is 6.04. The van der Waals surface area contributed by atoms with Gasteiger partial charge in [0.2, 0.25) is 0 Å². The van der Waals surface area contributed by atoms with Gasteiger partial charge in [-0.1, -0.05) is 31.0 Å². The molecule has 1 aliphatic heterocycles. The first kappa shape index (κ1) is 10.7. The minimum atomic E-state index is 0.736. The maximum absolute atomic E-state index is 3.53. The van der Waals surface area contributed by atoms with E-state index >= 15 is 0 Å². The molecule has 1 aliphatic rings. The summed E-state index contributed by atoms with van der Waals surface area (Å²) in [6, 6.07) is 4.67. The van der Waals surface area contributed by atoms with Crippen LogP contribution in [0.3, 0.4) is 0 Å². The van der Waals surface area contributed by atoms with E-state index in [-0.39, 0.29) is 0 Å². The Hall–Kier alpha value is -0.820. The van der Waals surface area contributed by atoms with Crippen molar-refractivity contribution in [2.75, 3.05) is 6.54 Å². The van der Waals surface area contributed by atoms with Gasteiger partial charge in [0.05, 0.1) is 0 Å². The van der Waals surface area contributed by atoms with Crippen LogP contribution in [0.5, 0.6) is 0 Å². The van der Waals surface area contributed by atoms with Crippen LogP contribution in [0.1, 0.15) is 47.9 Å². The Morgan fingerprint density at radius 3 is 2.87 bits per heavy atom. The zero-order valence-electron chi connectivity index (χ0n) is 10.1. The standard InChI is InChI=1S/C14H21N/c1-4-5-12-8-15-9-13-7-10(2)6-11(3)14(12)13/h6-7,12,15H,4-5,8-9H2,1-3H3. The largest absolute Gasteiger partial charge is 0.312 e. The Morgan fingerprint density at radius 1 is 1.33 bits per heavy atom. The fraction of sp³-hybridized carbons (Fsp3) is 0.571. The Balaban J connectivity index is 2.41. The number of hydrogen-bond acceptors (Lipinski definition) is 1. The second kappa shape index (κ2) is 4.36. The first-order valence-corrected chi connectivity index (χ1v) is 6.03. The summed E-state index contributed by atoms with van der Waals surface area (Å²) in [7, 11) is 0. The monoisotopic (exact) mass is 203 g/mol. The zero-order chi connectivity index (χ0) is 10.8. The Bertz CT molecular complexity index is 355. The van der Waals surface area contributed by atoms with E-state index in [1.807, 2.05) is 0 Å². The Kier molecular flexibility index (Phi) is 3.11. The van der Waals surface area contributed by atoms with Crippen LogP contribution in [0.15, 0.2) is 12.1 Å². The quantitative estimate of drug-likeness (QED) is 0.777. The molecule has 82 valence electrons. The van der Waals surface area contributed by atoms with E-state index in [0.29, 0.717) is 0 Å². The van der Waals surface area contributed by atoms with Crippen molar-refractivity contribution in [3.05, 3.63) is 34.4 Å². The molecule has 0 fully saturated rings. The van der Waals surface area contributed by atoms with E-state index in [9.17, 15) is 0 Å². The van der Waals surface area contributed by atoms with E-state index in [0.717, 1.165) is 19.0 Å². The molecule has 0 amide bonds. The Morgan fingerprint density at radius 2 is 2.13 bits per heavy atom. The third-order valence-electron chi connectivity index (χ3n) is 3.37. The van der Waals surface area contributed by atoms with E-state index in [1.54, 1.807) is 5.56 Å². The summed E-state index contributed by atoms with van der Waals surface area (Å²) in [5.74, 6) is 0.736. The molecule has 1 aromatic carbocycles. The molecule has 0 saturated carbocycles. The lowest BCUT2D eigenvalue weighted by molar-refractivity contribution is 0.507. The smallest absolute Gasteiger partial charge is 0.0208 e. The first-order chi connectivity index (χ1) is 7.22. The number of rotatable bonds is 2. The molecule has 2 rings (SSSR count). The molecular formula is C14H21N. The summed E-state index contributed by atoms with van der Waals surface area (Å²) in [6.07, 6.45) is 2.59. The second-order valence-electron chi connectivity index (χ2n) is 4.77. The van der Waals surface area contributed by atoms with Crippen LogP contribution in [-0.4, -0.2) is 6.54 Å². The number of hydrogen-bond donors (Lipinski definition) is 1. The minimum Gasteiger partial charge on any atom is -0.312 e. The van der Waals surface area contributed by atoms with Gasteiger partial charge in [0.15, 0.2) is 0 Å². The van der Waals surface area contributed by atoms with Crippen LogP contribution in [0, 0.1) is 13.8 Å². The lowest BCUT2D eigenvalue weighted by atomic mass is 9.84. The molecular weight excluding hydrogens is 182 g/mol. The predicted molar refractivity (Wildman–Crippen MR) is 65.3 cm³/mol. The SMILES string of the molecule is CCCC1CNCc2cc(C)cc(C)c21. The summed E-state index contributed by atoms with van der Waals surface area (Å²) in [6.45, 7) is 8.94. The number of aryl methyl sites for hydroxylation is 2. The molecule has 0 aliphatic carbocycles. The fourth-order valence-electron chi connectivity index (χ4n) is 2.88. The van der Waals surface area contributed by atoms with Crippen molar-refractivity contribution in [1.29, 1.82) is 0 Å². The van der Waals surface area contributed by atoms with E-state index in [1.165, 1.54) is 29.5 Å². The molecule has 1 aromatic rings. The van der Waals surface area contributed by atoms with Crippen LogP contribution in [0.4, 0.5) is 0 Å². The molecule has 15 heavy (non-hydrogen) atoms. The van der Waals surface area contributed by atoms with Gasteiger partial charge in [-0.2, -0.15) is 0 Å². The molecule has 0 aromatic heterocycles. The van der Waals surface area contributed by atoms with Crippen molar-refractivity contribution in [2.24, 2.45) is 0 Å². The highest BCUT2D eigenvalue weighted by atomic mass is 14.9. The van der Waals surface area contributed by atoms with Crippen LogP contribution in [0.2, 0.25) is 0 Å². The summed E-state index contributed by atoms with van der Waals surface area (Å²) in [4.78, 5) is 0. The normalized spacial score (nSPS) is 20.1. The molecule has 0 spiro atoms. The molecule has 1 N–H and O–H groups in total. The average molecular weight is 203 g/mol. The van der Waals surface area contributed by atoms with Gasteiger partial charge in [-0.3, -0.25) is 0 Å². The van der Waals surface area contributed by atoms with Gasteiger partial charge in [0, 0.05) is 13.1 Å². The molecule has 0 saturated heterocycles. The van der Waals surface area contributed by atoms with Gasteiger partial charge in [-0.15, -0.1) is 0 Å². The van der Waals surface area contributed by atoms with Crippen molar-refractivity contribution in [1.82, 2.24) is 5.32 Å². The average Bonchev–Trinajstić information content (AvgIpc) is 2.17. The van der Waals surface area contributed by atoms with Crippen molar-refractivity contribution < 1.29 is 0 Å². The van der Waals surface area contributed by atoms with Gasteiger partial charge < -0.3 is 5.32 Å². The van der Waals surface area contributed by atoms with E-state index in [4.69, 9.17) is 0 Å². The van der Waals surface area contributed by atoms with Crippen molar-refractivity contribution >= 4 is 0 Å². The number of nitrogens with one attached hydrogen (secondary N) is 1. The second-order valence-corrected chi connectivity index (χ2v) is 4.77. The van der Waals surface area contributed by atoms with E-state index < -0.39 is 0 Å².